The summed E-state index contributed by atoms with van der Waals surface area (Å²) in [4.78, 5) is 14.5. The summed E-state index contributed by atoms with van der Waals surface area (Å²) in [5.74, 6) is 1.37. The lowest BCUT2D eigenvalue weighted by molar-refractivity contribution is 0.0532. The Balaban J connectivity index is 0.00000161. The molecule has 0 aliphatic carbocycles. The van der Waals surface area contributed by atoms with Crippen LogP contribution in [0, 0.1) is 5.41 Å². The highest BCUT2D eigenvalue weighted by molar-refractivity contribution is 5.95. The molecule has 2 aliphatic heterocycles. The van der Waals surface area contributed by atoms with E-state index in [9.17, 15) is 4.79 Å². The van der Waals surface area contributed by atoms with Crippen LogP contribution >= 0.6 is 12.4 Å². The van der Waals surface area contributed by atoms with Gasteiger partial charge in [0.05, 0.1) is 0 Å². The largest absolute Gasteiger partial charge is 0.454 e. The van der Waals surface area contributed by atoms with Gasteiger partial charge >= 0.3 is 0 Å². The van der Waals surface area contributed by atoms with E-state index < -0.39 is 0 Å². The zero-order chi connectivity index (χ0) is 14.3. The number of rotatable bonds is 1. The van der Waals surface area contributed by atoms with Gasteiger partial charge in [-0.2, -0.15) is 0 Å². The van der Waals surface area contributed by atoms with Crippen molar-refractivity contribution in [3.8, 4) is 11.5 Å². The van der Waals surface area contributed by atoms with E-state index in [0.717, 1.165) is 6.42 Å². The SMILES string of the molecule is CC1(C)CN(C(=O)c2ccc3c(c2)OCO3)CCC1N.Cl. The lowest BCUT2D eigenvalue weighted by Gasteiger charge is -2.42. The van der Waals surface area contributed by atoms with Crippen molar-refractivity contribution >= 4 is 18.3 Å². The molecule has 1 aromatic rings. The molecule has 0 bridgehead atoms. The second-order valence-corrected chi connectivity index (χ2v) is 6.18. The van der Waals surface area contributed by atoms with Crippen molar-refractivity contribution in [3.05, 3.63) is 23.8 Å². The summed E-state index contributed by atoms with van der Waals surface area (Å²) in [5.41, 5.74) is 6.70. The van der Waals surface area contributed by atoms with Gasteiger partial charge in [-0.1, -0.05) is 13.8 Å². The number of amides is 1. The summed E-state index contributed by atoms with van der Waals surface area (Å²) < 4.78 is 10.6. The van der Waals surface area contributed by atoms with Gasteiger partial charge in [0.15, 0.2) is 11.5 Å². The monoisotopic (exact) mass is 312 g/mol. The molecule has 0 aromatic heterocycles. The van der Waals surface area contributed by atoms with Crippen LogP contribution in [-0.2, 0) is 0 Å². The zero-order valence-corrected chi connectivity index (χ0v) is 13.1. The Morgan fingerprint density at radius 2 is 2.05 bits per heavy atom. The van der Waals surface area contributed by atoms with Crippen LogP contribution in [0.15, 0.2) is 18.2 Å². The smallest absolute Gasteiger partial charge is 0.254 e. The number of piperidine rings is 1. The summed E-state index contributed by atoms with van der Waals surface area (Å²) in [7, 11) is 0. The van der Waals surface area contributed by atoms with Crippen molar-refractivity contribution in [2.45, 2.75) is 26.3 Å². The van der Waals surface area contributed by atoms with Gasteiger partial charge in [-0.25, -0.2) is 0 Å². The fraction of sp³-hybridized carbons (Fsp3) is 0.533. The molecule has 21 heavy (non-hydrogen) atoms. The molecule has 1 aromatic carbocycles. The minimum absolute atomic E-state index is 0. The zero-order valence-electron chi connectivity index (χ0n) is 12.3. The van der Waals surface area contributed by atoms with Crippen LogP contribution in [0.2, 0.25) is 0 Å². The van der Waals surface area contributed by atoms with E-state index in [1.54, 1.807) is 18.2 Å². The Labute approximate surface area is 130 Å². The average molecular weight is 313 g/mol. The Morgan fingerprint density at radius 3 is 2.76 bits per heavy atom. The van der Waals surface area contributed by atoms with Crippen molar-refractivity contribution in [2.24, 2.45) is 11.1 Å². The standard InChI is InChI=1S/C15H20N2O3.ClH/c1-15(2)8-17(6-5-13(15)16)14(18)10-3-4-11-12(7-10)20-9-19-11;/h3-4,7,13H,5-6,8-9,16H2,1-2H3;1H. The van der Waals surface area contributed by atoms with E-state index in [0.29, 0.717) is 30.2 Å². The molecule has 2 heterocycles. The van der Waals surface area contributed by atoms with Crippen molar-refractivity contribution in [2.75, 3.05) is 19.9 Å². The van der Waals surface area contributed by atoms with E-state index in [1.807, 2.05) is 4.90 Å². The van der Waals surface area contributed by atoms with Crippen molar-refractivity contribution in [1.29, 1.82) is 0 Å². The number of carbonyl (C=O) groups is 1. The number of benzene rings is 1. The lowest BCUT2D eigenvalue weighted by Crippen LogP contribution is -2.53. The maximum absolute atomic E-state index is 12.6. The minimum atomic E-state index is -0.0513. The molecule has 0 radical (unpaired) electrons. The van der Waals surface area contributed by atoms with Gasteiger partial charge in [0.25, 0.3) is 5.91 Å². The number of likely N-dealkylation sites (tertiary alicyclic amines) is 1. The van der Waals surface area contributed by atoms with Gasteiger partial charge in [-0.05, 0) is 30.0 Å². The highest BCUT2D eigenvalue weighted by Crippen LogP contribution is 2.34. The highest BCUT2D eigenvalue weighted by Gasteiger charge is 2.35. The molecule has 1 unspecified atom stereocenters. The molecule has 6 heteroatoms. The number of hydrogen-bond donors (Lipinski definition) is 1. The van der Waals surface area contributed by atoms with Gasteiger partial charge in [0.2, 0.25) is 6.79 Å². The summed E-state index contributed by atoms with van der Waals surface area (Å²) in [6.45, 7) is 5.82. The van der Waals surface area contributed by atoms with E-state index >= 15 is 0 Å². The molecule has 1 fully saturated rings. The van der Waals surface area contributed by atoms with E-state index in [-0.39, 0.29) is 36.6 Å². The number of nitrogens with two attached hydrogens (primary N) is 1. The van der Waals surface area contributed by atoms with Crippen LogP contribution in [-0.4, -0.2) is 36.7 Å². The second-order valence-electron chi connectivity index (χ2n) is 6.18. The first-order valence-corrected chi connectivity index (χ1v) is 6.92. The fourth-order valence-corrected chi connectivity index (χ4v) is 2.76. The molecule has 2 N–H and O–H groups in total. The third-order valence-electron chi connectivity index (χ3n) is 4.22. The van der Waals surface area contributed by atoms with Crippen LogP contribution in [0.5, 0.6) is 11.5 Å². The molecule has 116 valence electrons. The molecule has 3 rings (SSSR count). The predicted octanol–water partition coefficient (Wildman–Crippen LogP) is 2.04. The maximum Gasteiger partial charge on any atom is 0.254 e. The topological polar surface area (TPSA) is 64.8 Å². The summed E-state index contributed by atoms with van der Waals surface area (Å²) >= 11 is 0. The normalized spacial score (nSPS) is 22.6. The molecular formula is C15H21ClN2O3. The predicted molar refractivity (Wildman–Crippen MR) is 82.1 cm³/mol. The Kier molecular flexibility index (Phi) is 4.35. The van der Waals surface area contributed by atoms with Gasteiger partial charge in [-0.3, -0.25) is 4.79 Å². The van der Waals surface area contributed by atoms with Gasteiger partial charge < -0.3 is 20.1 Å². The first-order chi connectivity index (χ1) is 9.47. The molecule has 2 aliphatic rings. The molecule has 0 saturated carbocycles. The number of halogens is 1. The third-order valence-corrected chi connectivity index (χ3v) is 4.22. The van der Waals surface area contributed by atoms with Crippen LogP contribution in [0.4, 0.5) is 0 Å². The second kappa shape index (κ2) is 5.73. The average Bonchev–Trinajstić information content (AvgIpc) is 2.88. The summed E-state index contributed by atoms with van der Waals surface area (Å²) in [6.07, 6.45) is 0.837. The quantitative estimate of drug-likeness (QED) is 0.862. The van der Waals surface area contributed by atoms with Gasteiger partial charge in [0, 0.05) is 24.7 Å². The molecule has 1 saturated heterocycles. The van der Waals surface area contributed by atoms with E-state index in [4.69, 9.17) is 15.2 Å². The Hall–Kier alpha value is -1.46. The molecule has 1 atom stereocenters. The number of ether oxygens (including phenoxy) is 2. The lowest BCUT2D eigenvalue weighted by atomic mass is 9.79. The summed E-state index contributed by atoms with van der Waals surface area (Å²) in [5, 5.41) is 0. The van der Waals surface area contributed by atoms with Gasteiger partial charge in [-0.15, -0.1) is 12.4 Å². The maximum atomic E-state index is 12.6. The van der Waals surface area contributed by atoms with Gasteiger partial charge in [0.1, 0.15) is 0 Å². The van der Waals surface area contributed by atoms with Crippen molar-refractivity contribution in [1.82, 2.24) is 4.90 Å². The first-order valence-electron chi connectivity index (χ1n) is 6.92. The number of nitrogens with zero attached hydrogens (tertiary/aromatic N) is 1. The highest BCUT2D eigenvalue weighted by atomic mass is 35.5. The van der Waals surface area contributed by atoms with Crippen LogP contribution in [0.1, 0.15) is 30.6 Å². The number of carbonyl (C=O) groups excluding carboxylic acids is 1. The minimum Gasteiger partial charge on any atom is -0.454 e. The summed E-state index contributed by atoms with van der Waals surface area (Å²) in [6, 6.07) is 5.48. The fourth-order valence-electron chi connectivity index (χ4n) is 2.76. The third kappa shape index (κ3) is 2.94. The molecule has 1 amide bonds. The van der Waals surface area contributed by atoms with Crippen LogP contribution < -0.4 is 15.2 Å². The van der Waals surface area contributed by atoms with E-state index in [1.165, 1.54) is 0 Å². The number of fused-ring (bicyclic) bond motifs is 1. The number of hydrogen-bond acceptors (Lipinski definition) is 4. The van der Waals surface area contributed by atoms with Crippen LogP contribution in [0.3, 0.4) is 0 Å². The van der Waals surface area contributed by atoms with Crippen molar-refractivity contribution < 1.29 is 14.3 Å². The van der Waals surface area contributed by atoms with E-state index in [2.05, 4.69) is 13.8 Å². The molecular weight excluding hydrogens is 292 g/mol. The molecule has 5 nitrogen and oxygen atoms in total. The Morgan fingerprint density at radius 1 is 1.33 bits per heavy atom. The Bertz CT molecular complexity index is 548. The van der Waals surface area contributed by atoms with Crippen LogP contribution in [0.25, 0.3) is 0 Å². The molecule has 0 spiro atoms. The van der Waals surface area contributed by atoms with Crippen molar-refractivity contribution in [3.63, 3.8) is 0 Å². The first kappa shape index (κ1) is 15.9.